The first kappa shape index (κ1) is 14.9. The summed E-state index contributed by atoms with van der Waals surface area (Å²) in [7, 11) is 0. The van der Waals surface area contributed by atoms with Crippen LogP contribution in [-0.4, -0.2) is 17.7 Å². The van der Waals surface area contributed by atoms with Crippen LogP contribution in [0.15, 0.2) is 57.7 Å². The highest BCUT2D eigenvalue weighted by molar-refractivity contribution is 5.77. The van der Waals surface area contributed by atoms with E-state index in [1.807, 2.05) is 31.2 Å². The summed E-state index contributed by atoms with van der Waals surface area (Å²) in [6.07, 6.45) is 1.56. The van der Waals surface area contributed by atoms with Crippen molar-refractivity contribution in [3.8, 4) is 17.3 Å². The molecule has 3 rings (SSSR count). The van der Waals surface area contributed by atoms with Crippen molar-refractivity contribution in [1.82, 2.24) is 10.5 Å². The lowest BCUT2D eigenvalue weighted by molar-refractivity contribution is -0.123. The average Bonchev–Trinajstić information content (AvgIpc) is 3.23. The zero-order valence-corrected chi connectivity index (χ0v) is 12.6. The Hall–Kier alpha value is -3.02. The third kappa shape index (κ3) is 4.00. The molecule has 0 aliphatic carbocycles. The fourth-order valence-electron chi connectivity index (χ4n) is 1.95. The smallest absolute Gasteiger partial charge is 0.258 e. The lowest BCUT2D eigenvalue weighted by atomic mass is 10.2. The van der Waals surface area contributed by atoms with Gasteiger partial charge < -0.3 is 19.0 Å². The van der Waals surface area contributed by atoms with E-state index in [2.05, 4.69) is 10.5 Å². The lowest BCUT2D eigenvalue weighted by Crippen LogP contribution is -2.28. The molecule has 118 valence electrons. The van der Waals surface area contributed by atoms with Gasteiger partial charge in [-0.3, -0.25) is 4.79 Å². The van der Waals surface area contributed by atoms with Gasteiger partial charge in [0, 0.05) is 6.07 Å². The molecule has 2 heterocycles. The number of carbonyl (C=O) groups excluding carboxylic acids is 1. The van der Waals surface area contributed by atoms with Crippen LogP contribution in [-0.2, 0) is 11.3 Å². The number of ether oxygens (including phenoxy) is 1. The number of hydrogen-bond donors (Lipinski definition) is 1. The number of nitrogens with one attached hydrogen (secondary N) is 1. The molecule has 0 bridgehead atoms. The van der Waals surface area contributed by atoms with Crippen LogP contribution in [0.4, 0.5) is 0 Å². The maximum atomic E-state index is 11.8. The first-order valence-electron chi connectivity index (χ1n) is 7.16. The van der Waals surface area contributed by atoms with E-state index in [1.165, 1.54) is 0 Å². The van der Waals surface area contributed by atoms with Gasteiger partial charge in [-0.25, -0.2) is 0 Å². The number of aryl methyl sites for hydroxylation is 1. The second kappa shape index (κ2) is 6.83. The SMILES string of the molecule is Cc1ccc(OCC(=O)NCc2cc(-c3ccco3)on2)cc1. The second-order valence-electron chi connectivity index (χ2n) is 5.04. The Balaban J connectivity index is 1.46. The zero-order valence-electron chi connectivity index (χ0n) is 12.6. The number of nitrogens with zero attached hydrogens (tertiary/aromatic N) is 1. The van der Waals surface area contributed by atoms with Crippen molar-refractivity contribution in [1.29, 1.82) is 0 Å². The number of benzene rings is 1. The van der Waals surface area contributed by atoms with Gasteiger partial charge in [-0.1, -0.05) is 22.9 Å². The van der Waals surface area contributed by atoms with Crippen molar-refractivity contribution in [3.63, 3.8) is 0 Å². The molecule has 3 aromatic rings. The molecule has 0 aliphatic heterocycles. The third-order valence-corrected chi connectivity index (χ3v) is 3.18. The van der Waals surface area contributed by atoms with Gasteiger partial charge in [-0.05, 0) is 31.2 Å². The minimum absolute atomic E-state index is 0.0496. The first-order valence-corrected chi connectivity index (χ1v) is 7.16. The van der Waals surface area contributed by atoms with E-state index in [1.54, 1.807) is 24.5 Å². The number of carbonyl (C=O) groups is 1. The molecule has 2 aromatic heterocycles. The predicted molar refractivity (Wildman–Crippen MR) is 82.7 cm³/mol. The van der Waals surface area contributed by atoms with E-state index in [-0.39, 0.29) is 19.1 Å². The largest absolute Gasteiger partial charge is 0.484 e. The normalized spacial score (nSPS) is 10.5. The Morgan fingerprint density at radius 1 is 1.22 bits per heavy atom. The fraction of sp³-hybridized carbons (Fsp3) is 0.176. The molecule has 0 radical (unpaired) electrons. The number of rotatable bonds is 6. The molecule has 0 unspecified atom stereocenters. The Morgan fingerprint density at radius 2 is 2.04 bits per heavy atom. The van der Waals surface area contributed by atoms with Crippen molar-refractivity contribution in [3.05, 3.63) is 60.0 Å². The highest BCUT2D eigenvalue weighted by Crippen LogP contribution is 2.20. The van der Waals surface area contributed by atoms with Gasteiger partial charge in [0.25, 0.3) is 5.91 Å². The van der Waals surface area contributed by atoms with E-state index in [0.29, 0.717) is 23.0 Å². The summed E-state index contributed by atoms with van der Waals surface area (Å²) in [5.74, 6) is 1.55. The lowest BCUT2D eigenvalue weighted by Gasteiger charge is -2.06. The molecular formula is C17H16N2O4. The molecule has 1 N–H and O–H groups in total. The van der Waals surface area contributed by atoms with E-state index < -0.39 is 0 Å². The average molecular weight is 312 g/mol. The van der Waals surface area contributed by atoms with Gasteiger partial charge in [0.15, 0.2) is 12.4 Å². The number of hydrogen-bond acceptors (Lipinski definition) is 5. The summed E-state index contributed by atoms with van der Waals surface area (Å²) in [5.41, 5.74) is 1.75. The molecule has 0 atom stereocenters. The summed E-state index contributed by atoms with van der Waals surface area (Å²) in [6, 6.07) is 12.8. The van der Waals surface area contributed by atoms with E-state index >= 15 is 0 Å². The van der Waals surface area contributed by atoms with Crippen molar-refractivity contribution in [2.75, 3.05) is 6.61 Å². The maximum Gasteiger partial charge on any atom is 0.258 e. The van der Waals surface area contributed by atoms with Crippen molar-refractivity contribution in [2.45, 2.75) is 13.5 Å². The standard InChI is InChI=1S/C17H16N2O4/c1-12-4-6-14(7-5-12)22-11-17(20)18-10-13-9-16(23-19-13)15-3-2-8-21-15/h2-9H,10-11H2,1H3,(H,18,20). The molecule has 6 heteroatoms. The van der Waals surface area contributed by atoms with Crippen LogP contribution < -0.4 is 10.1 Å². The van der Waals surface area contributed by atoms with Gasteiger partial charge >= 0.3 is 0 Å². The van der Waals surface area contributed by atoms with E-state index in [4.69, 9.17) is 13.7 Å². The van der Waals surface area contributed by atoms with Gasteiger partial charge in [-0.15, -0.1) is 0 Å². The molecule has 0 saturated carbocycles. The molecule has 0 saturated heterocycles. The summed E-state index contributed by atoms with van der Waals surface area (Å²) in [4.78, 5) is 11.8. The molecule has 1 aromatic carbocycles. The van der Waals surface area contributed by atoms with Crippen LogP contribution >= 0.6 is 0 Å². The van der Waals surface area contributed by atoms with E-state index in [9.17, 15) is 4.79 Å². The Morgan fingerprint density at radius 3 is 2.78 bits per heavy atom. The maximum absolute atomic E-state index is 11.8. The minimum Gasteiger partial charge on any atom is -0.484 e. The molecule has 0 spiro atoms. The van der Waals surface area contributed by atoms with Crippen LogP contribution in [0, 0.1) is 6.92 Å². The molecular weight excluding hydrogens is 296 g/mol. The van der Waals surface area contributed by atoms with Gasteiger partial charge in [0.05, 0.1) is 12.8 Å². The van der Waals surface area contributed by atoms with Crippen molar-refractivity contribution in [2.24, 2.45) is 0 Å². The van der Waals surface area contributed by atoms with Gasteiger partial charge in [0.1, 0.15) is 11.4 Å². The highest BCUT2D eigenvalue weighted by Gasteiger charge is 2.10. The monoisotopic (exact) mass is 312 g/mol. The molecule has 23 heavy (non-hydrogen) atoms. The quantitative estimate of drug-likeness (QED) is 0.757. The van der Waals surface area contributed by atoms with E-state index in [0.717, 1.165) is 5.56 Å². The second-order valence-corrected chi connectivity index (χ2v) is 5.04. The summed E-state index contributed by atoms with van der Waals surface area (Å²) >= 11 is 0. The Bertz CT molecular complexity index is 760. The molecule has 6 nitrogen and oxygen atoms in total. The van der Waals surface area contributed by atoms with Crippen LogP contribution in [0.2, 0.25) is 0 Å². The van der Waals surface area contributed by atoms with Crippen LogP contribution in [0.1, 0.15) is 11.3 Å². The summed E-state index contributed by atoms with van der Waals surface area (Å²) in [6.45, 7) is 2.21. The molecule has 0 fully saturated rings. The zero-order chi connectivity index (χ0) is 16.1. The molecule has 1 amide bonds. The number of furan rings is 1. The van der Waals surface area contributed by atoms with Crippen LogP contribution in [0.3, 0.4) is 0 Å². The fourth-order valence-corrected chi connectivity index (χ4v) is 1.95. The highest BCUT2D eigenvalue weighted by atomic mass is 16.5. The van der Waals surface area contributed by atoms with Gasteiger partial charge in [0.2, 0.25) is 5.76 Å². The van der Waals surface area contributed by atoms with Crippen molar-refractivity contribution < 1.29 is 18.5 Å². The Kier molecular flexibility index (Phi) is 4.42. The topological polar surface area (TPSA) is 77.5 Å². The predicted octanol–water partition coefficient (Wildman–Crippen LogP) is 2.94. The summed E-state index contributed by atoms with van der Waals surface area (Å²) in [5, 5.41) is 6.60. The third-order valence-electron chi connectivity index (χ3n) is 3.18. The van der Waals surface area contributed by atoms with Gasteiger partial charge in [-0.2, -0.15) is 0 Å². The summed E-state index contributed by atoms with van der Waals surface area (Å²) < 4.78 is 15.8. The van der Waals surface area contributed by atoms with Crippen LogP contribution in [0.5, 0.6) is 5.75 Å². The van der Waals surface area contributed by atoms with Crippen LogP contribution in [0.25, 0.3) is 11.5 Å². The number of aromatic nitrogens is 1. The first-order chi connectivity index (χ1) is 11.2. The molecule has 0 aliphatic rings. The minimum atomic E-state index is -0.229. The van der Waals surface area contributed by atoms with Crippen molar-refractivity contribution >= 4 is 5.91 Å². The Labute approximate surface area is 133 Å². The number of amides is 1.